The van der Waals surface area contributed by atoms with Crippen LogP contribution >= 0.6 is 0 Å². The number of nitrogens with zero attached hydrogens (tertiary/aromatic N) is 2. The van der Waals surface area contributed by atoms with Crippen LogP contribution in [0, 0.1) is 11.8 Å². The number of rotatable bonds is 2. The van der Waals surface area contributed by atoms with Crippen LogP contribution in [0.4, 0.5) is 13.2 Å². The van der Waals surface area contributed by atoms with Crippen LogP contribution in [-0.2, 0) is 6.18 Å². The Hall–Kier alpha value is -2.35. The zero-order chi connectivity index (χ0) is 19.2. The number of benzene rings is 1. The fourth-order valence-electron chi connectivity index (χ4n) is 4.18. The first kappa shape index (κ1) is 18.0. The molecule has 1 aromatic carbocycles. The Morgan fingerprint density at radius 3 is 2.70 bits per heavy atom. The predicted octanol–water partition coefficient (Wildman–Crippen LogP) is 3.59. The Morgan fingerprint density at radius 1 is 1.19 bits per heavy atom. The monoisotopic (exact) mass is 380 g/mol. The summed E-state index contributed by atoms with van der Waals surface area (Å²) in [5.41, 5.74) is -0.975. The third-order valence-electron chi connectivity index (χ3n) is 5.54. The van der Waals surface area contributed by atoms with Crippen molar-refractivity contribution in [3.63, 3.8) is 0 Å². The second-order valence-electron chi connectivity index (χ2n) is 7.32. The molecule has 1 saturated heterocycles. The van der Waals surface area contributed by atoms with Crippen molar-refractivity contribution >= 4 is 5.91 Å². The molecule has 1 N–H and O–H groups in total. The summed E-state index contributed by atoms with van der Waals surface area (Å²) in [6, 6.07) is 6.31. The maximum Gasteiger partial charge on any atom is 0.417 e. The molecule has 0 unspecified atom stereocenters. The lowest BCUT2D eigenvalue weighted by Crippen LogP contribution is -2.29. The van der Waals surface area contributed by atoms with Crippen LogP contribution in [0.3, 0.4) is 0 Å². The maximum atomic E-state index is 13.2. The number of aliphatic hydroxyl groups is 1. The van der Waals surface area contributed by atoms with Crippen molar-refractivity contribution in [2.75, 3.05) is 13.1 Å². The van der Waals surface area contributed by atoms with Crippen molar-refractivity contribution in [1.29, 1.82) is 0 Å². The zero-order valence-corrected chi connectivity index (χ0v) is 14.4. The smallest absolute Gasteiger partial charge is 0.393 e. The number of hydrogen-bond donors (Lipinski definition) is 1. The third kappa shape index (κ3) is 3.45. The molecular formula is C19H19F3N2O3. The molecule has 8 heteroatoms. The van der Waals surface area contributed by atoms with Crippen molar-refractivity contribution in [3.8, 4) is 11.3 Å². The molecule has 2 heterocycles. The van der Waals surface area contributed by atoms with Gasteiger partial charge in [-0.25, -0.2) is 0 Å². The van der Waals surface area contributed by atoms with Crippen molar-refractivity contribution < 1.29 is 27.6 Å². The number of aromatic nitrogens is 1. The molecule has 1 amide bonds. The molecule has 1 aliphatic carbocycles. The second kappa shape index (κ2) is 6.67. The summed E-state index contributed by atoms with van der Waals surface area (Å²) in [6.07, 6.45) is -2.56. The van der Waals surface area contributed by atoms with E-state index in [0.717, 1.165) is 18.9 Å². The number of amides is 1. The summed E-state index contributed by atoms with van der Waals surface area (Å²) in [6.45, 7) is 1.11. The van der Waals surface area contributed by atoms with Crippen LogP contribution in [-0.4, -0.2) is 40.3 Å². The van der Waals surface area contributed by atoms with Crippen LogP contribution in [0.15, 0.2) is 34.9 Å². The standard InChI is InChI=1S/C19H19F3N2O3/c20-19(21,22)15-4-2-1-3-14(15)17-8-16(23-27-17)18(26)24-9-11-5-6-13(25)7-12(11)10-24/h1-4,8,11-13,25H,5-7,9-10H2/t11-,12-,13+/m0/s1. The average molecular weight is 380 g/mol. The average Bonchev–Trinajstić information content (AvgIpc) is 3.27. The molecular weight excluding hydrogens is 361 g/mol. The summed E-state index contributed by atoms with van der Waals surface area (Å²) in [4.78, 5) is 14.4. The SMILES string of the molecule is O=C(c1cc(-c2ccccc2C(F)(F)F)on1)N1C[C@@H]2CC[C@@H](O)C[C@H]2C1. The molecule has 0 radical (unpaired) electrons. The number of likely N-dealkylation sites (tertiary alicyclic amines) is 1. The van der Waals surface area contributed by atoms with Crippen molar-refractivity contribution in [1.82, 2.24) is 10.1 Å². The van der Waals surface area contributed by atoms with E-state index in [-0.39, 0.29) is 34.9 Å². The van der Waals surface area contributed by atoms with Gasteiger partial charge in [-0.1, -0.05) is 23.4 Å². The van der Waals surface area contributed by atoms with E-state index in [0.29, 0.717) is 25.4 Å². The maximum absolute atomic E-state index is 13.2. The van der Waals surface area contributed by atoms with Gasteiger partial charge in [0.25, 0.3) is 5.91 Å². The molecule has 0 bridgehead atoms. The molecule has 144 valence electrons. The summed E-state index contributed by atoms with van der Waals surface area (Å²) in [7, 11) is 0. The second-order valence-corrected chi connectivity index (χ2v) is 7.32. The van der Waals surface area contributed by atoms with E-state index in [4.69, 9.17) is 4.52 Å². The first-order chi connectivity index (χ1) is 12.8. The van der Waals surface area contributed by atoms with Crippen LogP contribution in [0.1, 0.15) is 35.3 Å². The molecule has 3 atom stereocenters. The lowest BCUT2D eigenvalue weighted by molar-refractivity contribution is -0.137. The molecule has 0 spiro atoms. The van der Waals surface area contributed by atoms with Crippen molar-refractivity contribution in [2.45, 2.75) is 31.5 Å². The van der Waals surface area contributed by atoms with E-state index in [9.17, 15) is 23.1 Å². The summed E-state index contributed by atoms with van der Waals surface area (Å²) < 4.78 is 44.6. The number of fused-ring (bicyclic) bond motifs is 1. The van der Waals surface area contributed by atoms with Crippen LogP contribution in [0.5, 0.6) is 0 Å². The highest BCUT2D eigenvalue weighted by atomic mass is 19.4. The van der Waals surface area contributed by atoms with Gasteiger partial charge in [0, 0.05) is 24.7 Å². The first-order valence-electron chi connectivity index (χ1n) is 8.93. The number of carbonyl (C=O) groups is 1. The lowest BCUT2D eigenvalue weighted by Gasteiger charge is -2.27. The van der Waals surface area contributed by atoms with E-state index < -0.39 is 11.7 Å². The topological polar surface area (TPSA) is 66.6 Å². The number of carbonyl (C=O) groups excluding carboxylic acids is 1. The van der Waals surface area contributed by atoms with Crippen molar-refractivity contribution in [2.24, 2.45) is 11.8 Å². The highest BCUT2D eigenvalue weighted by Gasteiger charge is 2.40. The largest absolute Gasteiger partial charge is 0.417 e. The molecule has 5 nitrogen and oxygen atoms in total. The van der Waals surface area contributed by atoms with E-state index >= 15 is 0 Å². The zero-order valence-electron chi connectivity index (χ0n) is 14.4. The number of hydrogen-bond acceptors (Lipinski definition) is 4. The first-order valence-corrected chi connectivity index (χ1v) is 8.93. The van der Waals surface area contributed by atoms with Gasteiger partial charge in [0.05, 0.1) is 11.7 Å². The van der Waals surface area contributed by atoms with Crippen molar-refractivity contribution in [3.05, 3.63) is 41.6 Å². The molecule has 2 fully saturated rings. The van der Waals surface area contributed by atoms with Gasteiger partial charge in [-0.15, -0.1) is 0 Å². The van der Waals surface area contributed by atoms with Gasteiger partial charge < -0.3 is 14.5 Å². The number of halogens is 3. The Bertz CT molecular complexity index is 849. The van der Waals surface area contributed by atoms with Gasteiger partial charge >= 0.3 is 6.18 Å². The summed E-state index contributed by atoms with van der Waals surface area (Å²) in [5, 5.41) is 13.5. The normalized spacial score (nSPS) is 25.5. The van der Waals surface area contributed by atoms with Crippen LogP contribution in [0.2, 0.25) is 0 Å². The lowest BCUT2D eigenvalue weighted by atomic mass is 9.80. The minimum Gasteiger partial charge on any atom is -0.393 e. The fourth-order valence-corrected chi connectivity index (χ4v) is 4.18. The molecule has 4 rings (SSSR count). The molecule has 1 aromatic heterocycles. The van der Waals surface area contributed by atoms with E-state index in [1.807, 2.05) is 0 Å². The predicted molar refractivity (Wildman–Crippen MR) is 89.7 cm³/mol. The van der Waals surface area contributed by atoms with Crippen LogP contribution < -0.4 is 0 Å². The molecule has 1 aliphatic heterocycles. The van der Waals surface area contributed by atoms with Gasteiger partial charge in [-0.2, -0.15) is 13.2 Å². The van der Waals surface area contributed by atoms with E-state index in [1.54, 1.807) is 4.90 Å². The van der Waals surface area contributed by atoms with Crippen LogP contribution in [0.25, 0.3) is 11.3 Å². The minimum atomic E-state index is -4.53. The third-order valence-corrected chi connectivity index (χ3v) is 5.54. The number of aliphatic hydroxyl groups excluding tert-OH is 1. The molecule has 27 heavy (non-hydrogen) atoms. The minimum absolute atomic E-state index is 0.00109. The van der Waals surface area contributed by atoms with E-state index in [2.05, 4.69) is 5.16 Å². The van der Waals surface area contributed by atoms with Gasteiger partial charge in [-0.05, 0) is 37.2 Å². The Kier molecular flexibility index (Phi) is 4.46. The van der Waals surface area contributed by atoms with Gasteiger partial charge in [-0.3, -0.25) is 4.79 Å². The summed E-state index contributed by atoms with van der Waals surface area (Å²) in [5.74, 6) is 0.182. The van der Waals surface area contributed by atoms with E-state index in [1.165, 1.54) is 24.3 Å². The van der Waals surface area contributed by atoms with Gasteiger partial charge in [0.2, 0.25) is 0 Å². The molecule has 2 aromatic rings. The highest BCUT2D eigenvalue weighted by Crippen LogP contribution is 2.38. The Labute approximate surface area is 153 Å². The number of alkyl halides is 3. The Balaban J connectivity index is 1.55. The van der Waals surface area contributed by atoms with Gasteiger partial charge in [0.1, 0.15) is 0 Å². The molecule has 2 aliphatic rings. The quantitative estimate of drug-likeness (QED) is 0.865. The van der Waals surface area contributed by atoms with Gasteiger partial charge in [0.15, 0.2) is 11.5 Å². The highest BCUT2D eigenvalue weighted by molar-refractivity contribution is 5.93. The Morgan fingerprint density at radius 2 is 1.93 bits per heavy atom. The summed E-state index contributed by atoms with van der Waals surface area (Å²) >= 11 is 0. The fraction of sp³-hybridized carbons (Fsp3) is 0.474. The molecule has 1 saturated carbocycles.